The normalized spacial score (nSPS) is 11.6. The molecule has 0 unspecified atom stereocenters. The molecule has 0 spiro atoms. The van der Waals surface area contributed by atoms with Gasteiger partial charge in [-0.15, -0.1) is 0 Å². The van der Waals surface area contributed by atoms with Crippen molar-refractivity contribution in [3.8, 4) is 5.69 Å². The van der Waals surface area contributed by atoms with Crippen LogP contribution in [0.2, 0.25) is 0 Å². The first-order valence-electron chi connectivity index (χ1n) is 8.10. The summed E-state index contributed by atoms with van der Waals surface area (Å²) in [6.07, 6.45) is 0. The second-order valence-electron chi connectivity index (χ2n) is 6.17. The highest BCUT2D eigenvalue weighted by Gasteiger charge is 2.15. The van der Waals surface area contributed by atoms with E-state index in [9.17, 15) is 0 Å². The van der Waals surface area contributed by atoms with E-state index in [2.05, 4.69) is 115 Å². The van der Waals surface area contributed by atoms with Crippen LogP contribution in [0.5, 0.6) is 0 Å². The molecule has 0 bridgehead atoms. The van der Waals surface area contributed by atoms with Crippen molar-refractivity contribution in [2.75, 3.05) is 0 Å². The number of hydrogen-bond acceptors (Lipinski definition) is 0. The van der Waals surface area contributed by atoms with Gasteiger partial charge in [0.05, 0.1) is 11.0 Å². The molecule has 120 valence electrons. The standard InChI is InChI=1S/C22H13Br2N/c23-16-12-19(24)22-18-7-3-4-8-20(18)25(21(22)13-16)17-10-9-14-5-1-2-6-15(14)11-17/h1-13H. The fourth-order valence-corrected chi connectivity index (χ4v) is 5.02. The van der Waals surface area contributed by atoms with Gasteiger partial charge in [-0.3, -0.25) is 0 Å². The zero-order valence-electron chi connectivity index (χ0n) is 13.2. The van der Waals surface area contributed by atoms with Gasteiger partial charge >= 0.3 is 0 Å². The van der Waals surface area contributed by atoms with Crippen LogP contribution >= 0.6 is 31.9 Å². The van der Waals surface area contributed by atoms with Crippen LogP contribution in [-0.4, -0.2) is 4.57 Å². The number of benzene rings is 4. The minimum Gasteiger partial charge on any atom is -0.309 e. The summed E-state index contributed by atoms with van der Waals surface area (Å²) in [5, 5.41) is 5.01. The molecule has 0 N–H and O–H groups in total. The SMILES string of the molecule is Brc1cc(Br)c2c3ccccc3n(-c3ccc4ccccc4c3)c2c1. The summed E-state index contributed by atoms with van der Waals surface area (Å²) in [4.78, 5) is 0. The summed E-state index contributed by atoms with van der Waals surface area (Å²) >= 11 is 7.39. The molecule has 4 aromatic carbocycles. The van der Waals surface area contributed by atoms with Gasteiger partial charge in [-0.2, -0.15) is 0 Å². The van der Waals surface area contributed by atoms with Gasteiger partial charge < -0.3 is 4.57 Å². The molecule has 0 saturated heterocycles. The zero-order chi connectivity index (χ0) is 17.0. The average Bonchev–Trinajstić information content (AvgIpc) is 2.95. The van der Waals surface area contributed by atoms with E-state index in [1.807, 2.05) is 0 Å². The Balaban J connectivity index is 1.96. The predicted octanol–water partition coefficient (Wildman–Crippen LogP) is 7.46. The van der Waals surface area contributed by atoms with E-state index in [1.165, 1.54) is 38.3 Å². The number of rotatable bonds is 1. The summed E-state index contributed by atoms with van der Waals surface area (Å²) in [7, 11) is 0. The Morgan fingerprint density at radius 3 is 2.28 bits per heavy atom. The van der Waals surface area contributed by atoms with Gasteiger partial charge in [-0.25, -0.2) is 0 Å². The third-order valence-electron chi connectivity index (χ3n) is 4.68. The second kappa shape index (κ2) is 5.72. The molecule has 0 radical (unpaired) electrons. The van der Waals surface area contributed by atoms with E-state index < -0.39 is 0 Å². The topological polar surface area (TPSA) is 4.93 Å². The van der Waals surface area contributed by atoms with Crippen LogP contribution in [0.1, 0.15) is 0 Å². The molecule has 0 saturated carbocycles. The van der Waals surface area contributed by atoms with Crippen LogP contribution in [0.4, 0.5) is 0 Å². The van der Waals surface area contributed by atoms with E-state index in [4.69, 9.17) is 0 Å². The molecule has 0 atom stereocenters. The maximum atomic E-state index is 3.75. The van der Waals surface area contributed by atoms with E-state index in [0.717, 1.165) is 8.95 Å². The Hall–Kier alpha value is -2.10. The fourth-order valence-electron chi connectivity index (χ4n) is 3.61. The van der Waals surface area contributed by atoms with Crippen molar-refractivity contribution < 1.29 is 0 Å². The van der Waals surface area contributed by atoms with Gasteiger partial charge in [-0.05, 0) is 41.1 Å². The number of nitrogens with zero attached hydrogens (tertiary/aromatic N) is 1. The fraction of sp³-hybridized carbons (Fsp3) is 0. The van der Waals surface area contributed by atoms with Crippen LogP contribution in [0.3, 0.4) is 0 Å². The monoisotopic (exact) mass is 449 g/mol. The molecule has 5 aromatic rings. The molecule has 25 heavy (non-hydrogen) atoms. The summed E-state index contributed by atoms with van der Waals surface area (Å²) < 4.78 is 4.51. The van der Waals surface area contributed by atoms with Gasteiger partial charge in [0, 0.05) is 25.4 Å². The molecule has 1 nitrogen and oxygen atoms in total. The first-order chi connectivity index (χ1) is 12.2. The molecule has 3 heteroatoms. The Labute approximate surface area is 162 Å². The predicted molar refractivity (Wildman–Crippen MR) is 114 cm³/mol. The Morgan fingerprint density at radius 1 is 0.640 bits per heavy atom. The van der Waals surface area contributed by atoms with E-state index in [1.54, 1.807) is 0 Å². The summed E-state index contributed by atoms with van der Waals surface area (Å²) in [6, 6.07) is 28.0. The van der Waals surface area contributed by atoms with Crippen LogP contribution < -0.4 is 0 Å². The Kier molecular flexibility index (Phi) is 3.47. The lowest BCUT2D eigenvalue weighted by Gasteiger charge is -2.09. The van der Waals surface area contributed by atoms with E-state index in [0.29, 0.717) is 0 Å². The van der Waals surface area contributed by atoms with Crippen molar-refractivity contribution in [2.24, 2.45) is 0 Å². The molecule has 0 aliphatic carbocycles. The largest absolute Gasteiger partial charge is 0.309 e. The zero-order valence-corrected chi connectivity index (χ0v) is 16.4. The maximum absolute atomic E-state index is 3.75. The average molecular weight is 451 g/mol. The molecule has 1 aromatic heterocycles. The van der Waals surface area contributed by atoms with Crippen molar-refractivity contribution in [3.63, 3.8) is 0 Å². The van der Waals surface area contributed by atoms with Gasteiger partial charge in [-0.1, -0.05) is 80.4 Å². The van der Waals surface area contributed by atoms with Gasteiger partial charge in [0.15, 0.2) is 0 Å². The number of fused-ring (bicyclic) bond motifs is 4. The van der Waals surface area contributed by atoms with Crippen molar-refractivity contribution >= 4 is 64.4 Å². The first kappa shape index (κ1) is 15.2. The number of para-hydroxylation sites is 1. The smallest absolute Gasteiger partial charge is 0.0563 e. The lowest BCUT2D eigenvalue weighted by atomic mass is 10.1. The van der Waals surface area contributed by atoms with E-state index in [-0.39, 0.29) is 0 Å². The molecular weight excluding hydrogens is 438 g/mol. The molecule has 0 aliphatic heterocycles. The maximum Gasteiger partial charge on any atom is 0.0563 e. The Morgan fingerprint density at radius 2 is 1.40 bits per heavy atom. The molecule has 0 aliphatic rings. The molecule has 0 amide bonds. The van der Waals surface area contributed by atoms with Gasteiger partial charge in [0.2, 0.25) is 0 Å². The molecule has 0 fully saturated rings. The van der Waals surface area contributed by atoms with Crippen molar-refractivity contribution in [1.29, 1.82) is 0 Å². The van der Waals surface area contributed by atoms with Gasteiger partial charge in [0.1, 0.15) is 0 Å². The lowest BCUT2D eigenvalue weighted by Crippen LogP contribution is -1.93. The number of halogens is 2. The molecule has 1 heterocycles. The number of aromatic nitrogens is 1. The molecule has 5 rings (SSSR count). The van der Waals surface area contributed by atoms with Crippen molar-refractivity contribution in [3.05, 3.63) is 87.8 Å². The van der Waals surface area contributed by atoms with Crippen molar-refractivity contribution in [2.45, 2.75) is 0 Å². The van der Waals surface area contributed by atoms with Crippen LogP contribution in [0.15, 0.2) is 87.8 Å². The molecular formula is C22H13Br2N. The van der Waals surface area contributed by atoms with Gasteiger partial charge in [0.25, 0.3) is 0 Å². The first-order valence-corrected chi connectivity index (χ1v) is 9.68. The summed E-state index contributed by atoms with van der Waals surface area (Å²) in [6.45, 7) is 0. The lowest BCUT2D eigenvalue weighted by molar-refractivity contribution is 1.18. The third kappa shape index (κ3) is 2.34. The highest BCUT2D eigenvalue weighted by molar-refractivity contribution is 9.11. The third-order valence-corrected chi connectivity index (χ3v) is 5.76. The van der Waals surface area contributed by atoms with Crippen LogP contribution in [0, 0.1) is 0 Å². The second-order valence-corrected chi connectivity index (χ2v) is 7.94. The summed E-state index contributed by atoms with van der Waals surface area (Å²) in [5.74, 6) is 0. The van der Waals surface area contributed by atoms with Crippen LogP contribution in [0.25, 0.3) is 38.3 Å². The van der Waals surface area contributed by atoms with Crippen LogP contribution in [-0.2, 0) is 0 Å². The highest BCUT2D eigenvalue weighted by Crippen LogP contribution is 2.38. The minimum absolute atomic E-state index is 1.07. The quantitative estimate of drug-likeness (QED) is 0.249. The number of hydrogen-bond donors (Lipinski definition) is 0. The summed E-state index contributed by atoms with van der Waals surface area (Å²) in [5.41, 5.74) is 3.58. The highest BCUT2D eigenvalue weighted by atomic mass is 79.9. The van der Waals surface area contributed by atoms with Crippen molar-refractivity contribution in [1.82, 2.24) is 4.57 Å². The van der Waals surface area contributed by atoms with E-state index >= 15 is 0 Å². The Bertz CT molecular complexity index is 1270. The minimum atomic E-state index is 1.07.